The number of carbonyl (C=O) groups is 1. The van der Waals surface area contributed by atoms with Crippen molar-refractivity contribution in [2.24, 2.45) is 0 Å². The van der Waals surface area contributed by atoms with Crippen LogP contribution in [-0.2, 0) is 4.79 Å². The minimum atomic E-state index is -0.312. The van der Waals surface area contributed by atoms with Crippen LogP contribution in [0.3, 0.4) is 0 Å². The minimum Gasteiger partial charge on any atom is -0.341 e. The highest BCUT2D eigenvalue weighted by Crippen LogP contribution is 2.28. The molecule has 3 aromatic rings. The monoisotopic (exact) mass is 377 g/mol. The summed E-state index contributed by atoms with van der Waals surface area (Å²) in [5.41, 5.74) is 2.08. The third-order valence-corrected chi connectivity index (χ3v) is 4.77. The minimum absolute atomic E-state index is 0.0943. The van der Waals surface area contributed by atoms with Crippen LogP contribution in [0.5, 0.6) is 0 Å². The number of thioether (sulfide) groups is 1. The predicted octanol–water partition coefficient (Wildman–Crippen LogP) is 3.23. The molecule has 0 aliphatic rings. The van der Waals surface area contributed by atoms with E-state index in [4.69, 9.17) is 0 Å². The largest absolute Gasteiger partial charge is 0.341 e. The van der Waals surface area contributed by atoms with E-state index in [2.05, 4.69) is 41.2 Å². The van der Waals surface area contributed by atoms with E-state index in [1.807, 2.05) is 31.2 Å². The van der Waals surface area contributed by atoms with E-state index >= 15 is 0 Å². The zero-order chi connectivity index (χ0) is 15.5. The molecule has 3 rings (SSSR count). The Morgan fingerprint density at radius 2 is 2.14 bits per heavy atom. The number of H-pyrrole nitrogens is 1. The number of hydrogen-bond donors (Lipinski definition) is 2. The molecule has 0 bridgehead atoms. The Hall–Kier alpha value is -1.93. The second kappa shape index (κ2) is 6.45. The lowest BCUT2D eigenvalue weighted by Gasteiger charge is -2.12. The molecule has 0 aliphatic heterocycles. The molecule has 1 amide bonds. The molecule has 2 aromatic heterocycles. The number of anilines is 1. The fourth-order valence-corrected chi connectivity index (χ4v) is 3.11. The molecule has 0 saturated carbocycles. The van der Waals surface area contributed by atoms with Crippen molar-refractivity contribution in [2.75, 3.05) is 5.32 Å². The van der Waals surface area contributed by atoms with Crippen molar-refractivity contribution in [2.45, 2.75) is 17.2 Å². The second-order valence-corrected chi connectivity index (χ2v) is 6.69. The summed E-state index contributed by atoms with van der Waals surface area (Å²) in [6, 6.07) is 7.49. The van der Waals surface area contributed by atoms with Crippen LogP contribution < -0.4 is 5.32 Å². The third kappa shape index (κ3) is 3.12. The quantitative estimate of drug-likeness (QED) is 0.538. The first-order chi connectivity index (χ1) is 10.6. The van der Waals surface area contributed by atoms with Crippen molar-refractivity contribution in [3.8, 4) is 0 Å². The number of amides is 1. The number of halogens is 1. The van der Waals surface area contributed by atoms with Gasteiger partial charge in [-0.2, -0.15) is 0 Å². The summed E-state index contributed by atoms with van der Waals surface area (Å²) in [6.07, 6.45) is 3.01. The maximum absolute atomic E-state index is 12.3. The van der Waals surface area contributed by atoms with Gasteiger partial charge in [-0.25, -0.2) is 15.0 Å². The van der Waals surface area contributed by atoms with Gasteiger partial charge < -0.3 is 10.3 Å². The molecular formula is C14H12BrN5OS. The lowest BCUT2D eigenvalue weighted by atomic mass is 10.3. The van der Waals surface area contributed by atoms with E-state index in [1.54, 1.807) is 6.33 Å². The van der Waals surface area contributed by atoms with E-state index in [1.165, 1.54) is 18.1 Å². The first-order valence-electron chi connectivity index (χ1n) is 6.51. The molecule has 22 heavy (non-hydrogen) atoms. The summed E-state index contributed by atoms with van der Waals surface area (Å²) in [4.78, 5) is 27.7. The fraction of sp³-hybridized carbons (Fsp3) is 0.143. The number of hydrogen-bond acceptors (Lipinski definition) is 5. The van der Waals surface area contributed by atoms with Crippen LogP contribution in [0.2, 0.25) is 0 Å². The maximum atomic E-state index is 12.3. The molecule has 0 unspecified atom stereocenters. The second-order valence-electron chi connectivity index (χ2n) is 4.51. The SMILES string of the molecule is C[C@H](Sc1ncnc2nc[nH]c12)C(=O)Nc1ccccc1Br. The summed E-state index contributed by atoms with van der Waals surface area (Å²) in [5, 5.41) is 3.29. The van der Waals surface area contributed by atoms with E-state index < -0.39 is 0 Å². The van der Waals surface area contributed by atoms with Gasteiger partial charge in [0.1, 0.15) is 16.9 Å². The smallest absolute Gasteiger partial charge is 0.237 e. The van der Waals surface area contributed by atoms with Crippen LogP contribution in [0, 0.1) is 0 Å². The molecule has 0 aliphatic carbocycles. The van der Waals surface area contributed by atoms with E-state index in [0.29, 0.717) is 10.7 Å². The zero-order valence-corrected chi connectivity index (χ0v) is 14.0. The molecule has 2 N–H and O–H groups in total. The van der Waals surface area contributed by atoms with Crippen molar-refractivity contribution < 1.29 is 4.79 Å². The van der Waals surface area contributed by atoms with Gasteiger partial charge in [0.25, 0.3) is 0 Å². The predicted molar refractivity (Wildman–Crippen MR) is 89.8 cm³/mol. The van der Waals surface area contributed by atoms with Gasteiger partial charge in [-0.1, -0.05) is 23.9 Å². The van der Waals surface area contributed by atoms with Gasteiger partial charge in [0.05, 0.1) is 17.3 Å². The Bertz CT molecular complexity index is 822. The molecule has 2 heterocycles. The number of imidazole rings is 1. The first kappa shape index (κ1) is 15.0. The third-order valence-electron chi connectivity index (χ3n) is 2.98. The van der Waals surface area contributed by atoms with Crippen molar-refractivity contribution >= 4 is 50.5 Å². The highest BCUT2D eigenvalue weighted by molar-refractivity contribution is 9.10. The summed E-state index contributed by atoms with van der Waals surface area (Å²) >= 11 is 4.77. The van der Waals surface area contributed by atoms with Crippen LogP contribution in [0.25, 0.3) is 11.2 Å². The summed E-state index contributed by atoms with van der Waals surface area (Å²) in [6.45, 7) is 1.83. The van der Waals surface area contributed by atoms with Crippen molar-refractivity contribution in [3.05, 3.63) is 41.4 Å². The van der Waals surface area contributed by atoms with Crippen LogP contribution >= 0.6 is 27.7 Å². The molecule has 0 spiro atoms. The van der Waals surface area contributed by atoms with Crippen LogP contribution in [0.15, 0.2) is 46.4 Å². The van der Waals surface area contributed by atoms with Gasteiger partial charge in [0.15, 0.2) is 5.65 Å². The number of aromatic nitrogens is 4. The highest BCUT2D eigenvalue weighted by Gasteiger charge is 2.18. The van der Waals surface area contributed by atoms with Gasteiger partial charge in [-0.15, -0.1) is 0 Å². The normalized spacial score (nSPS) is 12.3. The summed E-state index contributed by atoms with van der Waals surface area (Å²) < 4.78 is 0.846. The van der Waals surface area contributed by atoms with Gasteiger partial charge in [-0.3, -0.25) is 4.79 Å². The van der Waals surface area contributed by atoms with E-state index in [0.717, 1.165) is 15.7 Å². The fourth-order valence-electron chi connectivity index (χ4n) is 1.85. The topological polar surface area (TPSA) is 83.6 Å². The number of para-hydroxylation sites is 1. The average molecular weight is 378 g/mol. The number of carbonyl (C=O) groups excluding carboxylic acids is 1. The molecule has 1 aromatic carbocycles. The molecule has 112 valence electrons. The molecule has 0 radical (unpaired) electrons. The number of nitrogens with zero attached hydrogens (tertiary/aromatic N) is 3. The lowest BCUT2D eigenvalue weighted by Crippen LogP contribution is -2.22. The molecule has 8 heteroatoms. The number of benzene rings is 1. The number of aromatic amines is 1. The van der Waals surface area contributed by atoms with Crippen molar-refractivity contribution in [3.63, 3.8) is 0 Å². The van der Waals surface area contributed by atoms with Gasteiger partial charge in [0, 0.05) is 4.47 Å². The Kier molecular flexibility index (Phi) is 4.39. The van der Waals surface area contributed by atoms with E-state index in [9.17, 15) is 4.79 Å². The van der Waals surface area contributed by atoms with Crippen molar-refractivity contribution in [1.29, 1.82) is 0 Å². The Morgan fingerprint density at radius 1 is 1.32 bits per heavy atom. The number of fused-ring (bicyclic) bond motifs is 1. The molecule has 6 nitrogen and oxygen atoms in total. The number of nitrogens with one attached hydrogen (secondary N) is 2. The van der Waals surface area contributed by atoms with Crippen molar-refractivity contribution in [1.82, 2.24) is 19.9 Å². The molecular weight excluding hydrogens is 366 g/mol. The molecule has 0 fully saturated rings. The van der Waals surface area contributed by atoms with E-state index in [-0.39, 0.29) is 11.2 Å². The first-order valence-corrected chi connectivity index (χ1v) is 8.18. The zero-order valence-electron chi connectivity index (χ0n) is 11.6. The lowest BCUT2D eigenvalue weighted by molar-refractivity contribution is -0.115. The standard InChI is InChI=1S/C14H12BrN5OS/c1-8(13(21)20-10-5-3-2-4-9(10)15)22-14-11-12(17-6-16-11)18-7-19-14/h2-8H,1H3,(H,20,21)(H,16,17,18,19)/t8-/m0/s1. The molecule has 0 saturated heterocycles. The molecule has 1 atom stereocenters. The average Bonchev–Trinajstić information content (AvgIpc) is 2.99. The Labute approximate surface area is 139 Å². The van der Waals surface area contributed by atoms with Gasteiger partial charge in [-0.05, 0) is 35.0 Å². The van der Waals surface area contributed by atoms with Gasteiger partial charge in [0.2, 0.25) is 5.91 Å². The summed E-state index contributed by atoms with van der Waals surface area (Å²) in [7, 11) is 0. The van der Waals surface area contributed by atoms with Crippen LogP contribution in [0.1, 0.15) is 6.92 Å². The van der Waals surface area contributed by atoms with Crippen LogP contribution in [0.4, 0.5) is 5.69 Å². The summed E-state index contributed by atoms with van der Waals surface area (Å²) in [5.74, 6) is -0.0943. The Morgan fingerprint density at radius 3 is 2.95 bits per heavy atom. The maximum Gasteiger partial charge on any atom is 0.237 e. The Balaban J connectivity index is 1.74. The number of rotatable bonds is 4. The highest BCUT2D eigenvalue weighted by atomic mass is 79.9. The van der Waals surface area contributed by atoms with Crippen LogP contribution in [-0.4, -0.2) is 31.1 Å². The van der Waals surface area contributed by atoms with Gasteiger partial charge >= 0.3 is 0 Å².